The number of pyridine rings is 2. The van der Waals surface area contributed by atoms with Gasteiger partial charge in [-0.05, 0) is 41.1 Å². The van der Waals surface area contributed by atoms with E-state index in [0.717, 1.165) is 50.6 Å². The van der Waals surface area contributed by atoms with Crippen molar-refractivity contribution in [1.29, 1.82) is 0 Å². The number of aromatic nitrogens is 2. The summed E-state index contributed by atoms with van der Waals surface area (Å²) >= 11 is 0. The molecule has 5 heteroatoms. The van der Waals surface area contributed by atoms with E-state index >= 15 is 0 Å². The zero-order valence-electron chi connectivity index (χ0n) is 17.0. The van der Waals surface area contributed by atoms with E-state index in [1.807, 2.05) is 30.5 Å². The van der Waals surface area contributed by atoms with E-state index < -0.39 is 0 Å². The van der Waals surface area contributed by atoms with Gasteiger partial charge in [-0.25, -0.2) is 0 Å². The molecule has 0 amide bonds. The van der Waals surface area contributed by atoms with E-state index in [2.05, 4.69) is 25.1 Å². The maximum atomic E-state index is 5.91. The number of hydrogen-bond donors (Lipinski definition) is 1. The van der Waals surface area contributed by atoms with E-state index in [1.54, 1.807) is 14.2 Å². The van der Waals surface area contributed by atoms with Gasteiger partial charge in [0.15, 0.2) is 11.5 Å². The number of methoxy groups -OCH3 is 2. The minimum atomic E-state index is 0.473. The Hall–Kier alpha value is -3.18. The highest BCUT2D eigenvalue weighted by Crippen LogP contribution is 2.35. The second kappa shape index (κ2) is 8.05. The second-order valence-electron chi connectivity index (χ2n) is 7.01. The van der Waals surface area contributed by atoms with Gasteiger partial charge in [0.05, 0.1) is 19.7 Å². The lowest BCUT2D eigenvalue weighted by Crippen LogP contribution is -2.02. The molecular weight excluding hydrogens is 362 g/mol. The van der Waals surface area contributed by atoms with Gasteiger partial charge in [0.25, 0.3) is 0 Å². The fraction of sp³-hybridized carbons (Fsp3) is 0.250. The molecule has 0 saturated carbocycles. The van der Waals surface area contributed by atoms with Gasteiger partial charge in [-0.1, -0.05) is 31.2 Å². The van der Waals surface area contributed by atoms with Crippen LogP contribution >= 0.6 is 0 Å². The molecular formula is C24H25N3O2. The molecule has 4 rings (SSSR count). The van der Waals surface area contributed by atoms with Crippen molar-refractivity contribution in [3.05, 3.63) is 71.2 Å². The summed E-state index contributed by atoms with van der Waals surface area (Å²) < 4.78 is 11.0. The zero-order chi connectivity index (χ0) is 20.4. The monoisotopic (exact) mass is 387 g/mol. The Kier molecular flexibility index (Phi) is 5.32. The number of ether oxygens (including phenoxy) is 2. The van der Waals surface area contributed by atoms with Crippen LogP contribution in [0.3, 0.4) is 0 Å². The maximum Gasteiger partial charge on any atom is 0.161 e. The van der Waals surface area contributed by atoms with Crippen LogP contribution in [-0.4, -0.2) is 24.2 Å². The van der Waals surface area contributed by atoms with Crippen LogP contribution < -0.4 is 15.2 Å². The lowest BCUT2D eigenvalue weighted by molar-refractivity contribution is 0.356. The standard InChI is InChI=1S/C24H25N3O2/c1-4-21-20-12-23(29-3)22(28-2)11-19(20)17(14-26-21)10-18-9-8-15-6-5-7-16(13-25)24(15)27-18/h5-9,11-12,14H,4,10,13,25H2,1-3H3. The minimum absolute atomic E-state index is 0.473. The van der Waals surface area contributed by atoms with Crippen molar-refractivity contribution in [2.75, 3.05) is 14.2 Å². The van der Waals surface area contributed by atoms with Crippen molar-refractivity contribution < 1.29 is 9.47 Å². The van der Waals surface area contributed by atoms with Crippen molar-refractivity contribution in [1.82, 2.24) is 9.97 Å². The maximum absolute atomic E-state index is 5.91. The van der Waals surface area contributed by atoms with Gasteiger partial charge in [-0.3, -0.25) is 9.97 Å². The van der Waals surface area contributed by atoms with Crippen LogP contribution in [0.5, 0.6) is 11.5 Å². The van der Waals surface area contributed by atoms with Crippen LogP contribution in [0.15, 0.2) is 48.7 Å². The first-order valence-electron chi connectivity index (χ1n) is 9.78. The third-order valence-corrected chi connectivity index (χ3v) is 5.34. The van der Waals surface area contributed by atoms with E-state index in [-0.39, 0.29) is 0 Å². The molecule has 2 aromatic heterocycles. The average molecular weight is 387 g/mol. The van der Waals surface area contributed by atoms with Gasteiger partial charge in [-0.15, -0.1) is 0 Å². The molecule has 2 aromatic carbocycles. The number of nitrogens with two attached hydrogens (primary N) is 1. The molecule has 4 aromatic rings. The molecule has 0 radical (unpaired) electrons. The Bertz CT molecular complexity index is 1190. The van der Waals surface area contributed by atoms with E-state index in [9.17, 15) is 0 Å². The summed E-state index contributed by atoms with van der Waals surface area (Å²) in [4.78, 5) is 9.61. The summed E-state index contributed by atoms with van der Waals surface area (Å²) in [6.45, 7) is 2.58. The fourth-order valence-corrected chi connectivity index (χ4v) is 3.81. The SMILES string of the molecule is CCc1ncc(Cc2ccc3cccc(CN)c3n2)c2cc(OC)c(OC)cc12. The van der Waals surface area contributed by atoms with Crippen LogP contribution in [0.1, 0.15) is 29.4 Å². The summed E-state index contributed by atoms with van der Waals surface area (Å²) in [5, 5.41) is 3.31. The number of hydrogen-bond acceptors (Lipinski definition) is 5. The first-order chi connectivity index (χ1) is 14.2. The van der Waals surface area contributed by atoms with Crippen molar-refractivity contribution >= 4 is 21.7 Å². The lowest BCUT2D eigenvalue weighted by Gasteiger charge is -2.14. The Morgan fingerprint density at radius 2 is 1.69 bits per heavy atom. The second-order valence-corrected chi connectivity index (χ2v) is 7.01. The number of aryl methyl sites for hydroxylation is 1. The predicted molar refractivity (Wildman–Crippen MR) is 117 cm³/mol. The first-order valence-corrected chi connectivity index (χ1v) is 9.78. The summed E-state index contributed by atoms with van der Waals surface area (Å²) in [6.07, 6.45) is 3.48. The van der Waals surface area contributed by atoms with Gasteiger partial charge < -0.3 is 15.2 Å². The van der Waals surface area contributed by atoms with Crippen molar-refractivity contribution in [3.63, 3.8) is 0 Å². The molecule has 2 heterocycles. The third-order valence-electron chi connectivity index (χ3n) is 5.34. The number of benzene rings is 2. The topological polar surface area (TPSA) is 70.3 Å². The van der Waals surface area contributed by atoms with E-state index in [4.69, 9.17) is 25.2 Å². The summed E-state index contributed by atoms with van der Waals surface area (Å²) in [7, 11) is 3.31. The number of fused-ring (bicyclic) bond motifs is 2. The minimum Gasteiger partial charge on any atom is -0.493 e. The molecule has 148 valence electrons. The van der Waals surface area contributed by atoms with Crippen LogP contribution in [0.25, 0.3) is 21.7 Å². The molecule has 0 unspecified atom stereocenters. The molecule has 0 fully saturated rings. The molecule has 0 bridgehead atoms. The van der Waals surface area contributed by atoms with Crippen molar-refractivity contribution in [2.24, 2.45) is 5.73 Å². The summed E-state index contributed by atoms with van der Waals surface area (Å²) in [5.41, 5.74) is 11.1. The largest absolute Gasteiger partial charge is 0.493 e. The first kappa shape index (κ1) is 19.2. The molecule has 0 aliphatic heterocycles. The molecule has 0 saturated heterocycles. The van der Waals surface area contributed by atoms with E-state index in [1.165, 1.54) is 0 Å². The smallest absolute Gasteiger partial charge is 0.161 e. The summed E-state index contributed by atoms with van der Waals surface area (Å²) in [5.74, 6) is 1.43. The van der Waals surface area contributed by atoms with E-state index in [0.29, 0.717) is 24.5 Å². The van der Waals surface area contributed by atoms with Gasteiger partial charge in [0.2, 0.25) is 0 Å². The highest BCUT2D eigenvalue weighted by Gasteiger charge is 2.14. The molecule has 0 atom stereocenters. The van der Waals surface area contributed by atoms with Crippen LogP contribution in [0.4, 0.5) is 0 Å². The van der Waals surface area contributed by atoms with Crippen LogP contribution in [0, 0.1) is 0 Å². The molecule has 5 nitrogen and oxygen atoms in total. The molecule has 2 N–H and O–H groups in total. The normalized spacial score (nSPS) is 11.2. The number of nitrogens with zero attached hydrogens (tertiary/aromatic N) is 2. The van der Waals surface area contributed by atoms with Crippen molar-refractivity contribution in [2.45, 2.75) is 26.3 Å². The Balaban J connectivity index is 1.85. The van der Waals surface area contributed by atoms with Crippen LogP contribution in [-0.2, 0) is 19.4 Å². The summed E-state index contributed by atoms with van der Waals surface area (Å²) in [6, 6.07) is 14.4. The molecule has 0 spiro atoms. The number of para-hydroxylation sites is 1. The molecule has 0 aliphatic rings. The lowest BCUT2D eigenvalue weighted by atomic mass is 9.99. The zero-order valence-corrected chi connectivity index (χ0v) is 17.0. The van der Waals surface area contributed by atoms with Crippen molar-refractivity contribution in [3.8, 4) is 11.5 Å². The fourth-order valence-electron chi connectivity index (χ4n) is 3.81. The molecule has 29 heavy (non-hydrogen) atoms. The Morgan fingerprint density at radius 3 is 2.38 bits per heavy atom. The quantitative estimate of drug-likeness (QED) is 0.531. The highest BCUT2D eigenvalue weighted by atomic mass is 16.5. The average Bonchev–Trinajstić information content (AvgIpc) is 2.77. The third kappa shape index (κ3) is 3.49. The van der Waals surface area contributed by atoms with Gasteiger partial charge in [0, 0.05) is 41.3 Å². The molecule has 0 aliphatic carbocycles. The van der Waals surface area contributed by atoms with Gasteiger partial charge in [0.1, 0.15) is 0 Å². The highest BCUT2D eigenvalue weighted by molar-refractivity contribution is 5.91. The van der Waals surface area contributed by atoms with Crippen LogP contribution in [0.2, 0.25) is 0 Å². The Labute approximate surface area is 170 Å². The predicted octanol–water partition coefficient (Wildman–Crippen LogP) is 4.41. The number of rotatable bonds is 6. The van der Waals surface area contributed by atoms with Gasteiger partial charge in [-0.2, -0.15) is 0 Å². The van der Waals surface area contributed by atoms with Gasteiger partial charge >= 0.3 is 0 Å². The Morgan fingerprint density at radius 1 is 0.931 bits per heavy atom.